The topological polar surface area (TPSA) is 78.0 Å². The highest BCUT2D eigenvalue weighted by Crippen LogP contribution is 2.33. The zero-order chi connectivity index (χ0) is 27.4. The monoisotopic (exact) mass is 525 g/mol. The Balaban J connectivity index is 0.000000214. The molecule has 0 aliphatic carbocycles. The van der Waals surface area contributed by atoms with Gasteiger partial charge in [-0.3, -0.25) is 4.98 Å². The fourth-order valence-electron chi connectivity index (χ4n) is 3.36. The number of nitrogens with zero attached hydrogens (tertiary/aromatic N) is 3. The number of rotatable bonds is 5. The lowest BCUT2D eigenvalue weighted by Gasteiger charge is -2.16. The molecule has 2 aromatic heterocycles. The van der Waals surface area contributed by atoms with Crippen LogP contribution in [0.5, 0.6) is 5.75 Å². The van der Waals surface area contributed by atoms with Gasteiger partial charge < -0.3 is 20.4 Å². The second-order valence-electron chi connectivity index (χ2n) is 8.18. The molecule has 37 heavy (non-hydrogen) atoms. The van der Waals surface area contributed by atoms with Gasteiger partial charge >= 0.3 is 12.5 Å². The fourth-order valence-corrected chi connectivity index (χ4v) is 3.36. The second kappa shape index (κ2) is 11.0. The van der Waals surface area contributed by atoms with Crippen LogP contribution in [-0.4, -0.2) is 26.9 Å². The lowest BCUT2D eigenvalue weighted by atomic mass is 10.1. The fraction of sp³-hybridized carbons (Fsp3) is 0.280. The first kappa shape index (κ1) is 27.6. The zero-order valence-corrected chi connectivity index (χ0v) is 20.2. The Labute approximate surface area is 209 Å². The van der Waals surface area contributed by atoms with E-state index in [9.17, 15) is 26.3 Å². The van der Waals surface area contributed by atoms with Crippen molar-refractivity contribution in [3.63, 3.8) is 0 Å². The normalized spacial score (nSPS) is 12.6. The Morgan fingerprint density at radius 1 is 1.00 bits per heavy atom. The van der Waals surface area contributed by atoms with E-state index in [0.717, 1.165) is 24.1 Å². The van der Waals surface area contributed by atoms with Crippen molar-refractivity contribution in [2.24, 2.45) is 7.05 Å². The van der Waals surface area contributed by atoms with Gasteiger partial charge in [0.25, 0.3) is 0 Å². The van der Waals surface area contributed by atoms with Crippen LogP contribution in [0.2, 0.25) is 0 Å². The summed E-state index contributed by atoms with van der Waals surface area (Å²) in [4.78, 5) is 8.35. The van der Waals surface area contributed by atoms with E-state index >= 15 is 0 Å². The maximum Gasteiger partial charge on any atom is 0.573 e. The largest absolute Gasteiger partial charge is 0.573 e. The summed E-state index contributed by atoms with van der Waals surface area (Å²) in [5.41, 5.74) is 7.49. The van der Waals surface area contributed by atoms with Crippen LogP contribution in [0.4, 0.5) is 37.7 Å². The summed E-state index contributed by atoms with van der Waals surface area (Å²) in [5, 5.41) is 3.05. The maximum atomic E-state index is 12.4. The number of nitrogens with two attached hydrogens (primary N) is 1. The number of nitrogens with one attached hydrogen (secondary N) is 1. The highest BCUT2D eigenvalue weighted by Gasteiger charge is 2.32. The molecule has 0 saturated heterocycles. The molecular weight excluding hydrogens is 500 g/mol. The summed E-state index contributed by atoms with van der Waals surface area (Å²) in [6.45, 7) is 3.93. The third-order valence-electron chi connectivity index (χ3n) is 5.42. The van der Waals surface area contributed by atoms with Crippen molar-refractivity contribution in [2.75, 3.05) is 11.1 Å². The standard InChI is InChI=1S/C14H10F3N3O.C11H15F3N2/c1-20-12-8-10(21-14(15,16)17)2-3-11(12)19-13(20)9-4-6-18-7-5-9;1-3-7(2)16-10-5-4-8(6-9(10)15)11(12,13)14/h2-8H,1H3;4-7,16H,3,15H2,1-2H3. The number of aryl methyl sites for hydroxylation is 1. The third-order valence-corrected chi connectivity index (χ3v) is 5.42. The number of nitrogen functional groups attached to an aromatic ring is 1. The van der Waals surface area contributed by atoms with Crippen molar-refractivity contribution in [1.29, 1.82) is 0 Å². The summed E-state index contributed by atoms with van der Waals surface area (Å²) < 4.78 is 79.5. The highest BCUT2D eigenvalue weighted by molar-refractivity contribution is 5.81. The first-order valence-electron chi connectivity index (χ1n) is 11.1. The van der Waals surface area contributed by atoms with E-state index in [1.54, 1.807) is 36.1 Å². The van der Waals surface area contributed by atoms with E-state index < -0.39 is 18.1 Å². The average molecular weight is 525 g/mol. The minimum absolute atomic E-state index is 0.120. The SMILES string of the molecule is CCC(C)Nc1ccc(C(F)(F)F)cc1N.Cn1c(-c2ccncc2)nc2ccc(OC(F)(F)F)cc21. The van der Waals surface area contributed by atoms with Crippen molar-refractivity contribution in [3.8, 4) is 17.1 Å². The molecular formula is C25H25F6N5O. The van der Waals surface area contributed by atoms with E-state index in [1.807, 2.05) is 13.8 Å². The lowest BCUT2D eigenvalue weighted by molar-refractivity contribution is -0.274. The predicted octanol–water partition coefficient (Wildman–Crippen LogP) is 7.03. The summed E-state index contributed by atoms with van der Waals surface area (Å²) in [6.07, 6.45) is -4.91. The minimum Gasteiger partial charge on any atom is -0.406 e. The Morgan fingerprint density at radius 3 is 2.24 bits per heavy atom. The van der Waals surface area contributed by atoms with Gasteiger partial charge in [-0.1, -0.05) is 6.92 Å². The quantitative estimate of drug-likeness (QED) is 0.216. The van der Waals surface area contributed by atoms with Crippen molar-refractivity contribution in [1.82, 2.24) is 14.5 Å². The molecule has 12 heteroatoms. The molecule has 4 aromatic rings. The van der Waals surface area contributed by atoms with Gasteiger partial charge in [0.1, 0.15) is 11.6 Å². The number of aromatic nitrogens is 3. The van der Waals surface area contributed by atoms with Crippen LogP contribution < -0.4 is 15.8 Å². The molecule has 4 rings (SSSR count). The first-order chi connectivity index (χ1) is 17.3. The molecule has 0 aliphatic heterocycles. The van der Waals surface area contributed by atoms with Crippen molar-refractivity contribution >= 4 is 22.4 Å². The van der Waals surface area contributed by atoms with Gasteiger partial charge in [-0.25, -0.2) is 4.98 Å². The molecule has 198 valence electrons. The van der Waals surface area contributed by atoms with Gasteiger partial charge in [0.15, 0.2) is 0 Å². The smallest absolute Gasteiger partial charge is 0.406 e. The van der Waals surface area contributed by atoms with E-state index in [4.69, 9.17) is 5.73 Å². The van der Waals surface area contributed by atoms with Crippen molar-refractivity contribution < 1.29 is 31.1 Å². The van der Waals surface area contributed by atoms with Crippen LogP contribution in [0.25, 0.3) is 22.4 Å². The third kappa shape index (κ3) is 7.28. The Kier molecular flexibility index (Phi) is 8.19. The number of hydrogen-bond donors (Lipinski definition) is 2. The lowest BCUT2D eigenvalue weighted by Crippen LogP contribution is -2.17. The molecule has 1 atom stereocenters. The van der Waals surface area contributed by atoms with E-state index in [1.165, 1.54) is 24.3 Å². The van der Waals surface area contributed by atoms with Gasteiger partial charge in [-0.05, 0) is 55.8 Å². The minimum atomic E-state index is -4.71. The van der Waals surface area contributed by atoms with E-state index in [2.05, 4.69) is 20.0 Å². The van der Waals surface area contributed by atoms with Crippen LogP contribution in [0, 0.1) is 0 Å². The molecule has 1 unspecified atom stereocenters. The molecule has 0 amide bonds. The van der Waals surface area contributed by atoms with Crippen molar-refractivity contribution in [2.45, 2.75) is 38.8 Å². The average Bonchev–Trinajstić information content (AvgIpc) is 3.15. The zero-order valence-electron chi connectivity index (χ0n) is 20.2. The molecule has 0 fully saturated rings. The van der Waals surface area contributed by atoms with Gasteiger partial charge in [-0.15, -0.1) is 13.2 Å². The Bertz CT molecular complexity index is 1340. The van der Waals surface area contributed by atoms with Crippen LogP contribution in [0.1, 0.15) is 25.8 Å². The summed E-state index contributed by atoms with van der Waals surface area (Å²) in [5.74, 6) is 0.385. The van der Waals surface area contributed by atoms with Crippen LogP contribution in [0.3, 0.4) is 0 Å². The summed E-state index contributed by atoms with van der Waals surface area (Å²) >= 11 is 0. The molecule has 2 aromatic carbocycles. The number of benzene rings is 2. The number of fused-ring (bicyclic) bond motifs is 1. The number of pyridine rings is 1. The van der Waals surface area contributed by atoms with Gasteiger partial charge in [0.05, 0.1) is 28.0 Å². The van der Waals surface area contributed by atoms with Crippen LogP contribution in [0.15, 0.2) is 60.9 Å². The predicted molar refractivity (Wildman–Crippen MR) is 130 cm³/mol. The number of ether oxygens (including phenoxy) is 1. The molecule has 0 bridgehead atoms. The Hall–Kier alpha value is -3.96. The maximum absolute atomic E-state index is 12.4. The molecule has 6 nitrogen and oxygen atoms in total. The van der Waals surface area contributed by atoms with Gasteiger partial charge in [0.2, 0.25) is 0 Å². The van der Waals surface area contributed by atoms with Crippen molar-refractivity contribution in [3.05, 3.63) is 66.5 Å². The van der Waals surface area contributed by atoms with Gasteiger partial charge in [0, 0.05) is 37.1 Å². The molecule has 0 spiro atoms. The highest BCUT2D eigenvalue weighted by atomic mass is 19.4. The molecule has 3 N–H and O–H groups in total. The van der Waals surface area contributed by atoms with Crippen LogP contribution in [-0.2, 0) is 13.2 Å². The summed E-state index contributed by atoms with van der Waals surface area (Å²) in [7, 11) is 1.74. The first-order valence-corrected chi connectivity index (χ1v) is 11.1. The molecule has 0 radical (unpaired) electrons. The molecule has 0 aliphatic rings. The second-order valence-corrected chi connectivity index (χ2v) is 8.18. The van der Waals surface area contributed by atoms with E-state index in [0.29, 0.717) is 22.5 Å². The number of imidazole rings is 1. The number of anilines is 2. The molecule has 0 saturated carbocycles. The number of hydrogen-bond acceptors (Lipinski definition) is 5. The van der Waals surface area contributed by atoms with Crippen LogP contribution >= 0.6 is 0 Å². The van der Waals surface area contributed by atoms with E-state index in [-0.39, 0.29) is 17.5 Å². The summed E-state index contributed by atoms with van der Waals surface area (Å²) in [6, 6.07) is 11.2. The van der Waals surface area contributed by atoms with Gasteiger partial charge in [-0.2, -0.15) is 13.2 Å². The Morgan fingerprint density at radius 2 is 1.68 bits per heavy atom. The molecule has 2 heterocycles. The number of alkyl halides is 6. The number of halogens is 6.